The third kappa shape index (κ3) is 3.93. The number of halogens is 1. The van der Waals surface area contributed by atoms with Crippen molar-refractivity contribution in [3.8, 4) is 0 Å². The minimum atomic E-state index is -0.332. The van der Waals surface area contributed by atoms with Crippen molar-refractivity contribution < 1.29 is 4.74 Å². The Morgan fingerprint density at radius 1 is 1.22 bits per heavy atom. The van der Waals surface area contributed by atoms with E-state index in [0.717, 1.165) is 50.0 Å². The van der Waals surface area contributed by atoms with Gasteiger partial charge in [-0.1, -0.05) is 48.0 Å². The van der Waals surface area contributed by atoms with Gasteiger partial charge in [0.25, 0.3) is 5.56 Å². The number of aryl methyl sites for hydroxylation is 1. The third-order valence-electron chi connectivity index (χ3n) is 6.39. The van der Waals surface area contributed by atoms with E-state index >= 15 is 0 Å². The van der Waals surface area contributed by atoms with Crippen molar-refractivity contribution in [3.63, 3.8) is 0 Å². The van der Waals surface area contributed by atoms with Crippen molar-refractivity contribution in [1.82, 2.24) is 24.8 Å². The lowest BCUT2D eigenvalue weighted by Gasteiger charge is -2.29. The van der Waals surface area contributed by atoms with Gasteiger partial charge in [-0.15, -0.1) is 5.10 Å². The molecule has 0 aliphatic carbocycles. The van der Waals surface area contributed by atoms with Crippen molar-refractivity contribution >= 4 is 17.3 Å². The molecule has 5 rings (SSSR count). The van der Waals surface area contributed by atoms with Crippen LogP contribution in [-0.2, 0) is 30.7 Å². The lowest BCUT2D eigenvalue weighted by atomic mass is 10.0. The maximum Gasteiger partial charge on any atom is 0.290 e. The molecular formula is C23H27ClN6O2. The fourth-order valence-electron chi connectivity index (χ4n) is 4.59. The van der Waals surface area contributed by atoms with Gasteiger partial charge in [-0.2, -0.15) is 9.78 Å². The summed E-state index contributed by atoms with van der Waals surface area (Å²) in [4.78, 5) is 14.9. The zero-order valence-corrected chi connectivity index (χ0v) is 19.0. The molecule has 0 N–H and O–H groups in total. The maximum atomic E-state index is 12.9. The van der Waals surface area contributed by atoms with Crippen molar-refractivity contribution in [2.75, 3.05) is 18.1 Å². The molecule has 1 atom stereocenters. The summed E-state index contributed by atoms with van der Waals surface area (Å²) < 4.78 is 9.08. The number of aromatic nitrogens is 5. The Morgan fingerprint density at radius 2 is 2.06 bits per heavy atom. The van der Waals surface area contributed by atoms with Gasteiger partial charge in [0.2, 0.25) is 0 Å². The average molecular weight is 455 g/mol. The molecule has 0 bridgehead atoms. The normalized spacial score (nSPS) is 18.6. The molecule has 0 saturated carbocycles. The Balaban J connectivity index is 1.36. The molecule has 1 unspecified atom stereocenters. The van der Waals surface area contributed by atoms with E-state index in [0.29, 0.717) is 25.4 Å². The second kappa shape index (κ2) is 9.03. The van der Waals surface area contributed by atoms with Gasteiger partial charge in [-0.25, -0.2) is 4.68 Å². The Kier molecular flexibility index (Phi) is 5.97. The summed E-state index contributed by atoms with van der Waals surface area (Å²) in [5, 5.41) is 13.4. The molecule has 2 aromatic heterocycles. The molecule has 1 fully saturated rings. The maximum absolute atomic E-state index is 12.9. The van der Waals surface area contributed by atoms with E-state index in [4.69, 9.17) is 16.3 Å². The molecule has 0 amide bonds. The van der Waals surface area contributed by atoms with Crippen LogP contribution >= 0.6 is 11.6 Å². The smallest absolute Gasteiger partial charge is 0.290 e. The lowest BCUT2D eigenvalue weighted by Crippen LogP contribution is -2.36. The summed E-state index contributed by atoms with van der Waals surface area (Å²) in [7, 11) is 0. The van der Waals surface area contributed by atoms with Gasteiger partial charge < -0.3 is 9.64 Å². The number of hydrogen-bond acceptors (Lipinski definition) is 6. The van der Waals surface area contributed by atoms with E-state index in [1.54, 1.807) is 6.20 Å². The van der Waals surface area contributed by atoms with E-state index in [1.165, 1.54) is 15.8 Å². The third-order valence-corrected chi connectivity index (χ3v) is 6.75. The summed E-state index contributed by atoms with van der Waals surface area (Å²) >= 11 is 6.51. The molecule has 32 heavy (non-hydrogen) atoms. The Labute approximate surface area is 191 Å². The fourth-order valence-corrected chi connectivity index (χ4v) is 4.85. The quantitative estimate of drug-likeness (QED) is 0.588. The van der Waals surface area contributed by atoms with Gasteiger partial charge in [0, 0.05) is 19.6 Å². The summed E-state index contributed by atoms with van der Waals surface area (Å²) in [6.07, 6.45) is 5.92. The molecule has 8 nitrogen and oxygen atoms in total. The predicted molar refractivity (Wildman–Crippen MR) is 122 cm³/mol. The zero-order chi connectivity index (χ0) is 22.1. The molecule has 0 radical (unpaired) electrons. The van der Waals surface area contributed by atoms with Gasteiger partial charge in [-0.3, -0.25) is 4.79 Å². The number of rotatable bonds is 5. The van der Waals surface area contributed by atoms with Crippen molar-refractivity contribution in [2.24, 2.45) is 0 Å². The van der Waals surface area contributed by atoms with Crippen LogP contribution in [0, 0.1) is 0 Å². The first kappa shape index (κ1) is 21.2. The highest BCUT2D eigenvalue weighted by atomic mass is 35.5. The minimum Gasteiger partial charge on any atom is -0.362 e. The van der Waals surface area contributed by atoms with Crippen LogP contribution in [0.15, 0.2) is 35.3 Å². The second-order valence-electron chi connectivity index (χ2n) is 8.35. The van der Waals surface area contributed by atoms with Gasteiger partial charge in [0.15, 0.2) is 6.23 Å². The number of hydrogen-bond donors (Lipinski definition) is 0. The highest BCUT2D eigenvalue weighted by molar-refractivity contribution is 6.33. The minimum absolute atomic E-state index is 0.182. The van der Waals surface area contributed by atoms with Crippen LogP contribution in [0.4, 0.5) is 5.69 Å². The van der Waals surface area contributed by atoms with E-state index < -0.39 is 0 Å². The van der Waals surface area contributed by atoms with Crippen LogP contribution in [0.5, 0.6) is 0 Å². The van der Waals surface area contributed by atoms with E-state index in [-0.39, 0.29) is 16.8 Å². The standard InChI is InChI=1S/C23H27ClN6O2/c1-2-16-7-3-4-8-17(16)14-29-19-10-11-28(15-18(19)26-27-29)20-13-25-30(23(31)22(20)24)21-9-5-6-12-32-21/h3-4,7-8,13,21H,2,5-6,9-12,14-15H2,1H3. The van der Waals surface area contributed by atoms with Gasteiger partial charge >= 0.3 is 0 Å². The molecule has 1 saturated heterocycles. The number of fused-ring (bicyclic) bond motifs is 1. The Morgan fingerprint density at radius 3 is 2.84 bits per heavy atom. The summed E-state index contributed by atoms with van der Waals surface area (Å²) in [5.74, 6) is 0. The van der Waals surface area contributed by atoms with Crippen LogP contribution in [0.2, 0.25) is 5.02 Å². The van der Waals surface area contributed by atoms with E-state index in [2.05, 4.69) is 51.5 Å². The number of nitrogens with zero attached hydrogens (tertiary/aromatic N) is 6. The fraction of sp³-hybridized carbons (Fsp3) is 0.478. The first-order chi connectivity index (χ1) is 15.7. The topological polar surface area (TPSA) is 78.1 Å². The summed E-state index contributed by atoms with van der Waals surface area (Å²) in [6, 6.07) is 8.45. The SMILES string of the molecule is CCc1ccccc1Cn1nnc2c1CCN(c1cnn(C3CCCCO3)c(=O)c1Cl)C2. The Bertz CT molecular complexity index is 1170. The van der Waals surface area contributed by atoms with Gasteiger partial charge in [0.1, 0.15) is 10.7 Å². The average Bonchev–Trinajstić information content (AvgIpc) is 3.23. The largest absolute Gasteiger partial charge is 0.362 e. The number of benzene rings is 1. The number of anilines is 1. The van der Waals surface area contributed by atoms with E-state index in [1.807, 2.05) is 4.68 Å². The second-order valence-corrected chi connectivity index (χ2v) is 8.73. The molecule has 168 valence electrons. The highest BCUT2D eigenvalue weighted by Gasteiger charge is 2.27. The van der Waals surface area contributed by atoms with Crippen LogP contribution in [-0.4, -0.2) is 37.9 Å². The highest BCUT2D eigenvalue weighted by Crippen LogP contribution is 2.29. The molecule has 2 aliphatic rings. The van der Waals surface area contributed by atoms with Crippen LogP contribution in [0.1, 0.15) is 54.9 Å². The van der Waals surface area contributed by atoms with Gasteiger partial charge in [0.05, 0.1) is 30.7 Å². The monoisotopic (exact) mass is 454 g/mol. The van der Waals surface area contributed by atoms with Crippen LogP contribution in [0.25, 0.3) is 0 Å². The molecule has 4 heterocycles. The molecule has 1 aromatic carbocycles. The molecule has 9 heteroatoms. The molecule has 2 aliphatic heterocycles. The Hall–Kier alpha value is -2.71. The van der Waals surface area contributed by atoms with Crippen molar-refractivity contribution in [2.45, 2.75) is 58.3 Å². The van der Waals surface area contributed by atoms with Crippen molar-refractivity contribution in [3.05, 3.63) is 68.4 Å². The zero-order valence-electron chi connectivity index (χ0n) is 18.2. The number of ether oxygens (including phenoxy) is 1. The van der Waals surface area contributed by atoms with E-state index in [9.17, 15) is 4.79 Å². The first-order valence-electron chi connectivity index (χ1n) is 11.3. The summed E-state index contributed by atoms with van der Waals surface area (Å²) in [6.45, 7) is 4.80. The van der Waals surface area contributed by atoms with Crippen LogP contribution < -0.4 is 10.5 Å². The molecule has 0 spiro atoms. The van der Waals surface area contributed by atoms with Gasteiger partial charge in [-0.05, 0) is 36.8 Å². The predicted octanol–water partition coefficient (Wildman–Crippen LogP) is 3.36. The lowest BCUT2D eigenvalue weighted by molar-refractivity contribution is -0.0424. The van der Waals surface area contributed by atoms with Crippen LogP contribution in [0.3, 0.4) is 0 Å². The molecule has 3 aromatic rings. The van der Waals surface area contributed by atoms with Crippen molar-refractivity contribution in [1.29, 1.82) is 0 Å². The molecular weight excluding hydrogens is 428 g/mol. The first-order valence-corrected chi connectivity index (χ1v) is 11.7. The summed E-state index contributed by atoms with van der Waals surface area (Å²) in [5.41, 5.74) is 4.99.